The van der Waals surface area contributed by atoms with Gasteiger partial charge in [0.2, 0.25) is 0 Å². The van der Waals surface area contributed by atoms with Crippen LogP contribution in [0.4, 0.5) is 9.93 Å². The molecule has 1 aliphatic rings. The highest BCUT2D eigenvalue weighted by molar-refractivity contribution is 7.13. The first-order valence-corrected chi connectivity index (χ1v) is 7.84. The fourth-order valence-corrected chi connectivity index (χ4v) is 3.32. The van der Waals surface area contributed by atoms with E-state index in [4.69, 9.17) is 5.11 Å². The van der Waals surface area contributed by atoms with Crippen molar-refractivity contribution in [3.05, 3.63) is 11.1 Å². The Labute approximate surface area is 128 Å². The van der Waals surface area contributed by atoms with Gasteiger partial charge in [-0.1, -0.05) is 20.8 Å². The number of hydrogen-bond donors (Lipinski definition) is 2. The predicted molar refractivity (Wildman–Crippen MR) is 81.7 cm³/mol. The van der Waals surface area contributed by atoms with E-state index in [0.29, 0.717) is 18.1 Å². The van der Waals surface area contributed by atoms with E-state index < -0.39 is 11.9 Å². The highest BCUT2D eigenvalue weighted by Crippen LogP contribution is 2.28. The maximum absolute atomic E-state index is 12.2. The maximum Gasteiger partial charge on any atom is 0.323 e. The monoisotopic (exact) mass is 311 g/mol. The van der Waals surface area contributed by atoms with Crippen molar-refractivity contribution in [2.24, 2.45) is 5.92 Å². The Balaban J connectivity index is 2.02. The minimum atomic E-state index is -0.845. The number of carbonyl (C=O) groups excluding carboxylic acids is 1. The van der Waals surface area contributed by atoms with E-state index in [1.54, 1.807) is 11.8 Å². The second-order valence-corrected chi connectivity index (χ2v) is 7.24. The lowest BCUT2D eigenvalue weighted by Crippen LogP contribution is -2.40. The van der Waals surface area contributed by atoms with Crippen LogP contribution >= 0.6 is 11.3 Å². The Morgan fingerprint density at radius 2 is 2.14 bits per heavy atom. The number of thiazole rings is 1. The van der Waals surface area contributed by atoms with Gasteiger partial charge in [0.25, 0.3) is 0 Å². The van der Waals surface area contributed by atoms with Crippen molar-refractivity contribution in [2.75, 3.05) is 11.9 Å². The summed E-state index contributed by atoms with van der Waals surface area (Å²) in [5, 5.41) is 14.4. The van der Waals surface area contributed by atoms with Crippen molar-refractivity contribution in [1.29, 1.82) is 0 Å². The van der Waals surface area contributed by atoms with Crippen LogP contribution in [0.2, 0.25) is 0 Å². The summed E-state index contributed by atoms with van der Waals surface area (Å²) >= 11 is 1.39. The van der Waals surface area contributed by atoms with Gasteiger partial charge in [-0.25, -0.2) is 9.78 Å². The number of carbonyl (C=O) groups is 2. The van der Waals surface area contributed by atoms with Gasteiger partial charge < -0.3 is 10.0 Å². The van der Waals surface area contributed by atoms with Gasteiger partial charge in [-0.2, -0.15) is 0 Å². The van der Waals surface area contributed by atoms with E-state index >= 15 is 0 Å². The van der Waals surface area contributed by atoms with Crippen LogP contribution in [0.1, 0.15) is 39.8 Å². The van der Waals surface area contributed by atoms with Crippen molar-refractivity contribution in [1.82, 2.24) is 9.88 Å². The molecule has 2 N–H and O–H groups in total. The van der Waals surface area contributed by atoms with Gasteiger partial charge in [-0.3, -0.25) is 10.1 Å². The first-order chi connectivity index (χ1) is 9.70. The van der Waals surface area contributed by atoms with E-state index in [9.17, 15) is 9.59 Å². The van der Waals surface area contributed by atoms with Crippen LogP contribution in [0.5, 0.6) is 0 Å². The lowest BCUT2D eigenvalue weighted by Gasteiger charge is -2.23. The molecule has 2 atom stereocenters. The fraction of sp³-hybridized carbons (Fsp3) is 0.643. The summed E-state index contributed by atoms with van der Waals surface area (Å²) in [6.07, 6.45) is 0.495. The van der Waals surface area contributed by atoms with Gasteiger partial charge in [0.05, 0.1) is 11.6 Å². The smallest absolute Gasteiger partial charge is 0.323 e. The molecule has 2 rings (SSSR count). The molecular weight excluding hydrogens is 290 g/mol. The third-order valence-electron chi connectivity index (χ3n) is 3.82. The summed E-state index contributed by atoms with van der Waals surface area (Å²) in [5.74, 6) is -1.33. The van der Waals surface area contributed by atoms with Crippen LogP contribution in [0.15, 0.2) is 5.38 Å². The standard InChI is InChI=1S/C14H21N3O3S/c1-8-9(11(18)19)5-6-17(8)13(20)16-12-15-10(7-21-12)14(2,3)4/h7-9H,5-6H2,1-4H3,(H,18,19)(H,15,16,20). The van der Waals surface area contributed by atoms with Gasteiger partial charge in [0, 0.05) is 23.4 Å². The zero-order chi connectivity index (χ0) is 15.8. The molecule has 0 bridgehead atoms. The lowest BCUT2D eigenvalue weighted by molar-refractivity contribution is -0.142. The van der Waals surface area contributed by atoms with Crippen molar-refractivity contribution >= 4 is 28.5 Å². The predicted octanol–water partition coefficient (Wildman–Crippen LogP) is 2.77. The first kappa shape index (κ1) is 15.8. The van der Waals surface area contributed by atoms with Gasteiger partial charge in [-0.15, -0.1) is 11.3 Å². The van der Waals surface area contributed by atoms with E-state index in [0.717, 1.165) is 5.69 Å². The fourth-order valence-electron chi connectivity index (χ4n) is 2.40. The number of aliphatic carboxylic acids is 1. The summed E-state index contributed by atoms with van der Waals surface area (Å²) < 4.78 is 0. The number of likely N-dealkylation sites (tertiary alicyclic amines) is 1. The number of rotatable bonds is 2. The number of amides is 2. The van der Waals surface area contributed by atoms with Crippen LogP contribution in [0.25, 0.3) is 0 Å². The number of nitrogens with zero attached hydrogens (tertiary/aromatic N) is 2. The molecule has 1 aromatic rings. The third-order valence-corrected chi connectivity index (χ3v) is 4.58. The van der Waals surface area contributed by atoms with Crippen molar-refractivity contribution < 1.29 is 14.7 Å². The zero-order valence-electron chi connectivity index (χ0n) is 12.7. The maximum atomic E-state index is 12.2. The summed E-state index contributed by atoms with van der Waals surface area (Å²) in [6, 6.07) is -0.578. The summed E-state index contributed by atoms with van der Waals surface area (Å²) in [4.78, 5) is 29.3. The summed E-state index contributed by atoms with van der Waals surface area (Å²) in [6.45, 7) is 8.42. The number of hydrogen-bond acceptors (Lipinski definition) is 4. The quantitative estimate of drug-likeness (QED) is 0.880. The van der Waals surface area contributed by atoms with Crippen molar-refractivity contribution in [3.8, 4) is 0 Å². The van der Waals surface area contributed by atoms with Crippen LogP contribution < -0.4 is 5.32 Å². The molecule has 0 spiro atoms. The molecule has 21 heavy (non-hydrogen) atoms. The molecule has 0 aliphatic carbocycles. The Morgan fingerprint density at radius 3 is 2.62 bits per heavy atom. The molecule has 1 aliphatic heterocycles. The summed E-state index contributed by atoms with van der Waals surface area (Å²) in [5.41, 5.74) is 0.870. The SMILES string of the molecule is CC1C(C(=O)O)CCN1C(=O)Nc1nc(C(C)(C)C)cs1. The molecule has 0 aromatic carbocycles. The molecule has 1 fully saturated rings. The second-order valence-electron chi connectivity index (χ2n) is 6.39. The normalized spacial score (nSPS) is 22.4. The minimum Gasteiger partial charge on any atom is -0.481 e. The third kappa shape index (κ3) is 3.34. The molecule has 6 nitrogen and oxygen atoms in total. The minimum absolute atomic E-state index is 0.0607. The van der Waals surface area contributed by atoms with Crippen molar-refractivity contribution in [3.63, 3.8) is 0 Å². The lowest BCUT2D eigenvalue weighted by atomic mass is 9.93. The molecule has 1 saturated heterocycles. The molecule has 116 valence electrons. The topological polar surface area (TPSA) is 82.5 Å². The molecule has 7 heteroatoms. The number of urea groups is 1. The van der Waals surface area contributed by atoms with E-state index in [-0.39, 0.29) is 17.5 Å². The first-order valence-electron chi connectivity index (χ1n) is 6.96. The van der Waals surface area contributed by atoms with Crippen LogP contribution in [-0.2, 0) is 10.2 Å². The Kier molecular flexibility index (Phi) is 4.22. The Bertz CT molecular complexity index is 550. The van der Waals surface area contributed by atoms with Crippen LogP contribution in [0, 0.1) is 5.92 Å². The molecule has 2 heterocycles. The molecule has 0 saturated carbocycles. The molecule has 1 aromatic heterocycles. The Morgan fingerprint density at radius 1 is 1.48 bits per heavy atom. The van der Waals surface area contributed by atoms with Crippen molar-refractivity contribution in [2.45, 2.75) is 45.6 Å². The number of carboxylic acid groups (broad SMARTS) is 1. The van der Waals surface area contributed by atoms with E-state index in [1.165, 1.54) is 11.3 Å². The van der Waals surface area contributed by atoms with Crippen LogP contribution in [0.3, 0.4) is 0 Å². The number of carboxylic acids is 1. The van der Waals surface area contributed by atoms with Crippen LogP contribution in [-0.4, -0.2) is 39.6 Å². The number of anilines is 1. The average Bonchev–Trinajstić information content (AvgIpc) is 2.94. The molecular formula is C14H21N3O3S. The van der Waals surface area contributed by atoms with E-state index in [1.807, 2.05) is 5.38 Å². The number of nitrogens with one attached hydrogen (secondary N) is 1. The highest BCUT2D eigenvalue weighted by Gasteiger charge is 2.38. The summed E-state index contributed by atoms with van der Waals surface area (Å²) in [7, 11) is 0. The second kappa shape index (κ2) is 5.63. The molecule has 2 unspecified atom stereocenters. The van der Waals surface area contributed by atoms with Gasteiger partial charge in [0.15, 0.2) is 5.13 Å². The van der Waals surface area contributed by atoms with Gasteiger partial charge in [-0.05, 0) is 13.3 Å². The van der Waals surface area contributed by atoms with Gasteiger partial charge >= 0.3 is 12.0 Å². The zero-order valence-corrected chi connectivity index (χ0v) is 13.5. The highest BCUT2D eigenvalue weighted by atomic mass is 32.1. The average molecular weight is 311 g/mol. The largest absolute Gasteiger partial charge is 0.481 e. The van der Waals surface area contributed by atoms with Gasteiger partial charge in [0.1, 0.15) is 0 Å². The Hall–Kier alpha value is -1.63. The number of aromatic nitrogens is 1. The van der Waals surface area contributed by atoms with E-state index in [2.05, 4.69) is 31.1 Å². The molecule has 0 radical (unpaired) electrons. The molecule has 2 amide bonds.